The van der Waals surface area contributed by atoms with E-state index in [9.17, 15) is 0 Å². The Balaban J connectivity index is 1.60. The molecular formula is C10H16O2. The van der Waals surface area contributed by atoms with Crippen LogP contribution in [0.5, 0.6) is 0 Å². The topological polar surface area (TPSA) is 25.1 Å². The van der Waals surface area contributed by atoms with Gasteiger partial charge in [0, 0.05) is 0 Å². The minimum absolute atomic E-state index is 0.588. The molecule has 2 heterocycles. The lowest BCUT2D eigenvalue weighted by atomic mass is 9.79. The molecule has 0 spiro atoms. The molecule has 68 valence electrons. The van der Waals surface area contributed by atoms with E-state index in [0.717, 1.165) is 18.4 Å². The normalized spacial score (nSPS) is 52.8. The van der Waals surface area contributed by atoms with Crippen molar-refractivity contribution < 1.29 is 9.47 Å². The first-order chi connectivity index (χ1) is 5.84. The van der Waals surface area contributed by atoms with Crippen molar-refractivity contribution in [3.8, 4) is 0 Å². The summed E-state index contributed by atoms with van der Waals surface area (Å²) >= 11 is 0. The Morgan fingerprint density at radius 2 is 2.08 bits per heavy atom. The van der Waals surface area contributed by atoms with Crippen LogP contribution in [0.25, 0.3) is 0 Å². The molecule has 5 atom stereocenters. The van der Waals surface area contributed by atoms with Gasteiger partial charge in [-0.15, -0.1) is 0 Å². The van der Waals surface area contributed by atoms with E-state index in [1.54, 1.807) is 0 Å². The Morgan fingerprint density at radius 1 is 1.25 bits per heavy atom. The summed E-state index contributed by atoms with van der Waals surface area (Å²) < 4.78 is 10.8. The summed E-state index contributed by atoms with van der Waals surface area (Å²) in [5.41, 5.74) is 0. The minimum atomic E-state index is 0.588. The summed E-state index contributed by atoms with van der Waals surface area (Å²) in [5.74, 6) is 1.65. The number of epoxide rings is 2. The molecule has 2 nitrogen and oxygen atoms in total. The van der Waals surface area contributed by atoms with E-state index in [1.807, 2.05) is 0 Å². The molecule has 2 aliphatic heterocycles. The quantitative estimate of drug-likeness (QED) is 0.585. The van der Waals surface area contributed by atoms with E-state index in [2.05, 4.69) is 6.92 Å². The first kappa shape index (κ1) is 7.34. The summed E-state index contributed by atoms with van der Waals surface area (Å²) in [4.78, 5) is 0. The molecule has 2 heteroatoms. The van der Waals surface area contributed by atoms with Crippen LogP contribution in [0.3, 0.4) is 0 Å². The maximum Gasteiger partial charge on any atom is 0.0844 e. The SMILES string of the molecule is CC(C1CCC2OC2C1)C1CO1. The fourth-order valence-corrected chi connectivity index (χ4v) is 2.58. The maximum atomic E-state index is 5.52. The molecule has 0 radical (unpaired) electrons. The fourth-order valence-electron chi connectivity index (χ4n) is 2.58. The Hall–Kier alpha value is -0.0800. The predicted molar refractivity (Wildman–Crippen MR) is 44.9 cm³/mol. The number of hydrogen-bond donors (Lipinski definition) is 0. The van der Waals surface area contributed by atoms with Gasteiger partial charge in [-0.3, -0.25) is 0 Å². The standard InChI is InChI=1S/C10H16O2/c1-6(10-5-11-10)7-2-3-8-9(4-7)12-8/h6-10H,2-5H2,1H3. The third-order valence-electron chi connectivity index (χ3n) is 3.73. The van der Waals surface area contributed by atoms with E-state index in [-0.39, 0.29) is 0 Å². The van der Waals surface area contributed by atoms with Gasteiger partial charge in [0.15, 0.2) is 0 Å². The molecule has 0 amide bonds. The van der Waals surface area contributed by atoms with Gasteiger partial charge in [0.05, 0.1) is 24.9 Å². The van der Waals surface area contributed by atoms with Crippen molar-refractivity contribution in [3.63, 3.8) is 0 Å². The number of fused-ring (bicyclic) bond motifs is 1. The van der Waals surface area contributed by atoms with Crippen LogP contribution < -0.4 is 0 Å². The van der Waals surface area contributed by atoms with Crippen molar-refractivity contribution >= 4 is 0 Å². The molecule has 0 aromatic carbocycles. The van der Waals surface area contributed by atoms with Crippen molar-refractivity contribution in [3.05, 3.63) is 0 Å². The first-order valence-corrected chi connectivity index (χ1v) is 5.11. The second-order valence-electron chi connectivity index (χ2n) is 4.52. The summed E-state index contributed by atoms with van der Waals surface area (Å²) in [7, 11) is 0. The molecule has 3 rings (SSSR count). The average molecular weight is 168 g/mol. The maximum absolute atomic E-state index is 5.52. The molecule has 3 aliphatic rings. The van der Waals surface area contributed by atoms with Crippen LogP contribution in [-0.2, 0) is 9.47 Å². The highest BCUT2D eigenvalue weighted by atomic mass is 16.6. The highest BCUT2D eigenvalue weighted by Crippen LogP contribution is 2.44. The molecule has 5 unspecified atom stereocenters. The van der Waals surface area contributed by atoms with Gasteiger partial charge in [-0.1, -0.05) is 6.92 Å². The Labute approximate surface area is 73.2 Å². The molecular weight excluding hydrogens is 152 g/mol. The van der Waals surface area contributed by atoms with Crippen LogP contribution in [0, 0.1) is 11.8 Å². The van der Waals surface area contributed by atoms with E-state index < -0.39 is 0 Å². The predicted octanol–water partition coefficient (Wildman–Crippen LogP) is 1.59. The van der Waals surface area contributed by atoms with E-state index in [4.69, 9.17) is 9.47 Å². The molecule has 0 aromatic heterocycles. The minimum Gasteiger partial charge on any atom is -0.373 e. The summed E-state index contributed by atoms with van der Waals surface area (Å²) in [6.45, 7) is 3.34. The highest BCUT2D eigenvalue weighted by molar-refractivity contribution is 4.95. The van der Waals surface area contributed by atoms with Crippen LogP contribution in [0.1, 0.15) is 26.2 Å². The van der Waals surface area contributed by atoms with Crippen LogP contribution in [-0.4, -0.2) is 24.9 Å². The molecule has 0 N–H and O–H groups in total. The number of ether oxygens (including phenoxy) is 2. The lowest BCUT2D eigenvalue weighted by Gasteiger charge is -2.24. The molecule has 0 aromatic rings. The van der Waals surface area contributed by atoms with E-state index in [0.29, 0.717) is 18.3 Å². The molecule has 0 bridgehead atoms. The van der Waals surface area contributed by atoms with E-state index >= 15 is 0 Å². The number of hydrogen-bond acceptors (Lipinski definition) is 2. The van der Waals surface area contributed by atoms with Gasteiger partial charge in [-0.05, 0) is 31.1 Å². The molecule has 1 saturated carbocycles. The van der Waals surface area contributed by atoms with Gasteiger partial charge in [0.25, 0.3) is 0 Å². The van der Waals surface area contributed by atoms with Gasteiger partial charge in [0.2, 0.25) is 0 Å². The first-order valence-electron chi connectivity index (χ1n) is 5.11. The van der Waals surface area contributed by atoms with Crippen LogP contribution >= 0.6 is 0 Å². The van der Waals surface area contributed by atoms with Crippen LogP contribution in [0.2, 0.25) is 0 Å². The highest BCUT2D eigenvalue weighted by Gasteiger charge is 2.47. The van der Waals surface area contributed by atoms with Gasteiger partial charge in [-0.2, -0.15) is 0 Å². The second-order valence-corrected chi connectivity index (χ2v) is 4.52. The Morgan fingerprint density at radius 3 is 2.75 bits per heavy atom. The zero-order chi connectivity index (χ0) is 8.13. The van der Waals surface area contributed by atoms with Gasteiger partial charge >= 0.3 is 0 Å². The second kappa shape index (κ2) is 2.46. The van der Waals surface area contributed by atoms with E-state index in [1.165, 1.54) is 19.3 Å². The lowest BCUT2D eigenvalue weighted by Crippen LogP contribution is -2.23. The van der Waals surface area contributed by atoms with Gasteiger partial charge < -0.3 is 9.47 Å². The summed E-state index contributed by atoms with van der Waals surface area (Å²) in [5, 5.41) is 0. The van der Waals surface area contributed by atoms with Crippen molar-refractivity contribution in [1.29, 1.82) is 0 Å². The Kier molecular flexibility index (Phi) is 1.50. The smallest absolute Gasteiger partial charge is 0.0844 e. The van der Waals surface area contributed by atoms with Gasteiger partial charge in [0.1, 0.15) is 0 Å². The Bertz CT molecular complexity index is 188. The third kappa shape index (κ3) is 1.17. The zero-order valence-corrected chi connectivity index (χ0v) is 7.53. The zero-order valence-electron chi connectivity index (χ0n) is 7.53. The summed E-state index contributed by atoms with van der Waals surface area (Å²) in [6.07, 6.45) is 5.82. The van der Waals surface area contributed by atoms with Crippen LogP contribution in [0.15, 0.2) is 0 Å². The van der Waals surface area contributed by atoms with Crippen LogP contribution in [0.4, 0.5) is 0 Å². The lowest BCUT2D eigenvalue weighted by molar-refractivity contribution is 0.225. The summed E-state index contributed by atoms with van der Waals surface area (Å²) in [6, 6.07) is 0. The monoisotopic (exact) mass is 168 g/mol. The molecule has 2 saturated heterocycles. The molecule has 12 heavy (non-hydrogen) atoms. The third-order valence-corrected chi connectivity index (χ3v) is 3.73. The average Bonchev–Trinajstić information content (AvgIpc) is 2.96. The molecule has 1 aliphatic carbocycles. The fraction of sp³-hybridized carbons (Fsp3) is 1.00. The molecule has 3 fully saturated rings. The van der Waals surface area contributed by atoms with Crippen molar-refractivity contribution in [2.24, 2.45) is 11.8 Å². The largest absolute Gasteiger partial charge is 0.373 e. The van der Waals surface area contributed by atoms with Gasteiger partial charge in [-0.25, -0.2) is 0 Å². The number of rotatable bonds is 2. The van der Waals surface area contributed by atoms with Crippen molar-refractivity contribution in [2.45, 2.75) is 44.5 Å². The van der Waals surface area contributed by atoms with Crippen molar-refractivity contribution in [2.75, 3.05) is 6.61 Å². The van der Waals surface area contributed by atoms with Crippen molar-refractivity contribution in [1.82, 2.24) is 0 Å².